The highest BCUT2D eigenvalue weighted by Gasteiger charge is 2.52. The van der Waals surface area contributed by atoms with E-state index in [-0.39, 0.29) is 17.0 Å². The number of nitrogens with two attached hydrogens (primary N) is 1. The van der Waals surface area contributed by atoms with Crippen LogP contribution in [0.4, 0.5) is 5.95 Å². The van der Waals surface area contributed by atoms with Gasteiger partial charge in [-0.15, -0.1) is 0 Å². The van der Waals surface area contributed by atoms with Crippen LogP contribution in [0.2, 0.25) is 0 Å². The molecule has 0 saturated heterocycles. The van der Waals surface area contributed by atoms with Gasteiger partial charge in [-0.3, -0.25) is 9.78 Å². The van der Waals surface area contributed by atoms with Crippen molar-refractivity contribution >= 4 is 17.1 Å². The average molecular weight is 285 g/mol. The number of imidazole rings is 1. The fraction of sp³-hybridized carbons (Fsp3) is 0.667. The van der Waals surface area contributed by atoms with E-state index in [0.29, 0.717) is 11.2 Å². The topological polar surface area (TPSA) is 89.6 Å². The SMILES string of the molecule is Nc1nc2c(ncn2C23CC4CC(CC(C4)C2)C3)c(=O)[nH]1. The summed E-state index contributed by atoms with van der Waals surface area (Å²) in [6.07, 6.45) is 9.61. The third kappa shape index (κ3) is 1.50. The lowest BCUT2D eigenvalue weighted by molar-refractivity contribution is -0.0412. The molecule has 2 aromatic rings. The lowest BCUT2D eigenvalue weighted by Crippen LogP contribution is -2.51. The predicted octanol–water partition coefficient (Wildman–Crippen LogP) is 1.63. The molecule has 0 aromatic carbocycles. The third-order valence-electron chi connectivity index (χ3n) is 5.94. The Morgan fingerprint density at radius 3 is 2.43 bits per heavy atom. The maximum absolute atomic E-state index is 12.0. The molecule has 0 spiro atoms. The molecule has 2 heterocycles. The monoisotopic (exact) mass is 285 g/mol. The molecular formula is C15H19N5O. The van der Waals surface area contributed by atoms with Gasteiger partial charge in [0, 0.05) is 5.54 Å². The highest BCUT2D eigenvalue weighted by molar-refractivity contribution is 5.71. The second-order valence-corrected chi connectivity index (χ2v) is 7.38. The zero-order valence-corrected chi connectivity index (χ0v) is 11.9. The van der Waals surface area contributed by atoms with E-state index in [1.54, 1.807) is 0 Å². The van der Waals surface area contributed by atoms with Gasteiger partial charge in [0.1, 0.15) is 0 Å². The van der Waals surface area contributed by atoms with Gasteiger partial charge < -0.3 is 10.3 Å². The number of H-pyrrole nitrogens is 1. The van der Waals surface area contributed by atoms with Crippen LogP contribution in [0.5, 0.6) is 0 Å². The molecule has 6 rings (SSSR count). The van der Waals surface area contributed by atoms with Crippen molar-refractivity contribution in [3.63, 3.8) is 0 Å². The molecule has 0 radical (unpaired) electrons. The Labute approximate surface area is 121 Å². The van der Waals surface area contributed by atoms with E-state index in [2.05, 4.69) is 19.5 Å². The summed E-state index contributed by atoms with van der Waals surface area (Å²) >= 11 is 0. The van der Waals surface area contributed by atoms with Crippen molar-refractivity contribution in [1.29, 1.82) is 0 Å². The molecule has 4 fully saturated rings. The van der Waals surface area contributed by atoms with Crippen molar-refractivity contribution in [2.75, 3.05) is 5.73 Å². The minimum Gasteiger partial charge on any atom is -0.369 e. The smallest absolute Gasteiger partial charge is 0.280 e. The van der Waals surface area contributed by atoms with Crippen molar-refractivity contribution in [1.82, 2.24) is 19.5 Å². The predicted molar refractivity (Wildman–Crippen MR) is 78.7 cm³/mol. The number of aromatic nitrogens is 4. The Kier molecular flexibility index (Phi) is 2.06. The number of fused-ring (bicyclic) bond motifs is 1. The van der Waals surface area contributed by atoms with Crippen molar-refractivity contribution in [2.45, 2.75) is 44.1 Å². The number of anilines is 1. The molecule has 110 valence electrons. The second-order valence-electron chi connectivity index (χ2n) is 7.38. The molecular weight excluding hydrogens is 266 g/mol. The Balaban J connectivity index is 1.72. The van der Waals surface area contributed by atoms with Gasteiger partial charge in [0.05, 0.1) is 6.33 Å². The van der Waals surface area contributed by atoms with Crippen LogP contribution in [-0.2, 0) is 5.54 Å². The Morgan fingerprint density at radius 1 is 1.19 bits per heavy atom. The van der Waals surface area contributed by atoms with Crippen LogP contribution in [0.3, 0.4) is 0 Å². The van der Waals surface area contributed by atoms with Crippen LogP contribution in [0.15, 0.2) is 11.1 Å². The van der Waals surface area contributed by atoms with E-state index in [1.165, 1.54) is 38.5 Å². The normalized spacial score (nSPS) is 37.4. The van der Waals surface area contributed by atoms with Crippen LogP contribution >= 0.6 is 0 Å². The minimum absolute atomic E-state index is 0.122. The number of rotatable bonds is 1. The van der Waals surface area contributed by atoms with Gasteiger partial charge in [0.2, 0.25) is 5.95 Å². The van der Waals surface area contributed by atoms with Crippen LogP contribution in [-0.4, -0.2) is 19.5 Å². The fourth-order valence-electron chi connectivity index (χ4n) is 5.63. The molecule has 2 aromatic heterocycles. The van der Waals surface area contributed by atoms with E-state index in [4.69, 9.17) is 5.73 Å². The van der Waals surface area contributed by atoms with Gasteiger partial charge in [-0.2, -0.15) is 4.98 Å². The molecule has 0 unspecified atom stereocenters. The van der Waals surface area contributed by atoms with Gasteiger partial charge in [-0.25, -0.2) is 4.98 Å². The molecule has 4 aliphatic rings. The lowest BCUT2D eigenvalue weighted by Gasteiger charge is -2.57. The quantitative estimate of drug-likeness (QED) is 0.833. The van der Waals surface area contributed by atoms with Crippen molar-refractivity contribution in [2.24, 2.45) is 17.8 Å². The van der Waals surface area contributed by atoms with E-state index in [0.717, 1.165) is 17.8 Å². The number of nitrogens with one attached hydrogen (secondary N) is 1. The lowest BCUT2D eigenvalue weighted by atomic mass is 9.53. The summed E-state index contributed by atoms with van der Waals surface area (Å²) in [6.45, 7) is 0. The van der Waals surface area contributed by atoms with Gasteiger partial charge >= 0.3 is 0 Å². The summed E-state index contributed by atoms with van der Waals surface area (Å²) in [7, 11) is 0. The highest BCUT2D eigenvalue weighted by atomic mass is 16.1. The summed E-state index contributed by atoms with van der Waals surface area (Å²) in [5.74, 6) is 2.70. The van der Waals surface area contributed by atoms with Gasteiger partial charge in [-0.1, -0.05) is 0 Å². The zero-order valence-electron chi connectivity index (χ0n) is 11.9. The van der Waals surface area contributed by atoms with E-state index < -0.39 is 0 Å². The minimum atomic E-state index is -0.235. The van der Waals surface area contributed by atoms with Crippen LogP contribution in [0, 0.1) is 17.8 Å². The van der Waals surface area contributed by atoms with Crippen LogP contribution < -0.4 is 11.3 Å². The largest absolute Gasteiger partial charge is 0.369 e. The summed E-state index contributed by atoms with van der Waals surface area (Å²) < 4.78 is 2.18. The Morgan fingerprint density at radius 2 is 1.81 bits per heavy atom. The first kappa shape index (κ1) is 11.8. The van der Waals surface area contributed by atoms with E-state index in [1.807, 2.05) is 6.33 Å². The molecule has 4 bridgehead atoms. The molecule has 0 aliphatic heterocycles. The van der Waals surface area contributed by atoms with Crippen molar-refractivity contribution < 1.29 is 0 Å². The molecule has 3 N–H and O–H groups in total. The number of hydrogen-bond donors (Lipinski definition) is 2. The maximum atomic E-state index is 12.0. The molecule has 4 saturated carbocycles. The van der Waals surface area contributed by atoms with Crippen molar-refractivity contribution in [3.05, 3.63) is 16.7 Å². The van der Waals surface area contributed by atoms with Gasteiger partial charge in [-0.05, 0) is 56.3 Å². The molecule has 4 aliphatic carbocycles. The first-order valence-corrected chi connectivity index (χ1v) is 7.86. The third-order valence-corrected chi connectivity index (χ3v) is 5.94. The van der Waals surface area contributed by atoms with Crippen molar-refractivity contribution in [3.8, 4) is 0 Å². The number of nitrogen functional groups attached to an aromatic ring is 1. The Hall–Kier alpha value is -1.85. The summed E-state index contributed by atoms with van der Waals surface area (Å²) in [5.41, 5.74) is 6.70. The fourth-order valence-corrected chi connectivity index (χ4v) is 5.63. The van der Waals surface area contributed by atoms with Crippen LogP contribution in [0.25, 0.3) is 11.2 Å². The summed E-state index contributed by atoms with van der Waals surface area (Å²) in [6, 6.07) is 0. The first-order chi connectivity index (χ1) is 10.1. The van der Waals surface area contributed by atoms with Crippen LogP contribution in [0.1, 0.15) is 38.5 Å². The zero-order chi connectivity index (χ0) is 14.2. The molecule has 6 nitrogen and oxygen atoms in total. The van der Waals surface area contributed by atoms with Gasteiger partial charge in [0.15, 0.2) is 11.2 Å². The maximum Gasteiger partial charge on any atom is 0.280 e. The molecule has 6 heteroatoms. The summed E-state index contributed by atoms with van der Waals surface area (Å²) in [5, 5.41) is 0. The van der Waals surface area contributed by atoms with E-state index in [9.17, 15) is 4.79 Å². The average Bonchev–Trinajstić information content (AvgIpc) is 2.81. The van der Waals surface area contributed by atoms with E-state index >= 15 is 0 Å². The standard InChI is InChI=1S/C15H19N5O/c16-14-18-12-11(13(21)19-14)17-7-20(12)15-4-8-1-9(5-15)3-10(2-8)6-15/h7-10H,1-6H2,(H3,16,18,19,21). The molecule has 0 amide bonds. The number of aromatic amines is 1. The Bertz CT molecular complexity index is 754. The number of nitrogens with zero attached hydrogens (tertiary/aromatic N) is 3. The first-order valence-electron chi connectivity index (χ1n) is 7.86. The number of hydrogen-bond acceptors (Lipinski definition) is 4. The highest BCUT2D eigenvalue weighted by Crippen LogP contribution is 2.59. The summed E-state index contributed by atoms with van der Waals surface area (Å²) in [4.78, 5) is 23.2. The molecule has 21 heavy (non-hydrogen) atoms. The van der Waals surface area contributed by atoms with Gasteiger partial charge in [0.25, 0.3) is 5.56 Å². The second kappa shape index (κ2) is 3.67. The molecule has 0 atom stereocenters.